The molecule has 2 heterocycles. The van der Waals surface area contributed by atoms with Gasteiger partial charge in [-0.15, -0.1) is 10.2 Å². The lowest BCUT2D eigenvalue weighted by atomic mass is 10.2. The van der Waals surface area contributed by atoms with Crippen LogP contribution < -0.4 is 10.2 Å². The summed E-state index contributed by atoms with van der Waals surface area (Å²) in [5, 5.41) is 13.7. The standard InChI is InChI=1S/C17H20N4OS/c22-16(18-13-8-9-13)14-7-4-10-21(14)17-20-19-15(23-17)11-12-5-2-1-3-6-12/h1-3,5-6,13-14H,4,7-11H2,(H,18,22)/t14-/m0/s1. The second-order valence-corrected chi connectivity index (χ2v) is 7.32. The zero-order chi connectivity index (χ0) is 15.6. The first-order valence-electron chi connectivity index (χ1n) is 8.23. The first-order valence-corrected chi connectivity index (χ1v) is 9.04. The van der Waals surface area contributed by atoms with Crippen molar-refractivity contribution in [2.45, 2.75) is 44.2 Å². The Morgan fingerprint density at radius 2 is 2.04 bits per heavy atom. The van der Waals surface area contributed by atoms with Crippen molar-refractivity contribution in [3.05, 3.63) is 40.9 Å². The largest absolute Gasteiger partial charge is 0.352 e. The number of aromatic nitrogens is 2. The number of nitrogens with one attached hydrogen (secondary N) is 1. The van der Waals surface area contributed by atoms with E-state index in [0.29, 0.717) is 6.04 Å². The van der Waals surface area contributed by atoms with Crippen LogP contribution in [0.1, 0.15) is 36.3 Å². The molecule has 1 N–H and O–H groups in total. The topological polar surface area (TPSA) is 58.1 Å². The molecule has 1 aromatic carbocycles. The van der Waals surface area contributed by atoms with E-state index in [-0.39, 0.29) is 11.9 Å². The Bertz CT molecular complexity index is 683. The third-order valence-corrected chi connectivity index (χ3v) is 5.34. The van der Waals surface area contributed by atoms with Crippen LogP contribution in [0.3, 0.4) is 0 Å². The Morgan fingerprint density at radius 3 is 2.83 bits per heavy atom. The second kappa shape index (κ2) is 6.28. The molecule has 1 saturated carbocycles. The van der Waals surface area contributed by atoms with E-state index in [1.165, 1.54) is 5.56 Å². The summed E-state index contributed by atoms with van der Waals surface area (Å²) >= 11 is 1.60. The van der Waals surface area contributed by atoms with Gasteiger partial charge in [-0.3, -0.25) is 4.79 Å². The van der Waals surface area contributed by atoms with Crippen LogP contribution in [0.2, 0.25) is 0 Å². The Hall–Kier alpha value is -1.95. The lowest BCUT2D eigenvalue weighted by Gasteiger charge is -2.22. The van der Waals surface area contributed by atoms with Gasteiger partial charge in [-0.2, -0.15) is 0 Å². The van der Waals surface area contributed by atoms with E-state index in [1.807, 2.05) is 18.2 Å². The van der Waals surface area contributed by atoms with E-state index in [0.717, 1.165) is 48.8 Å². The molecule has 0 bridgehead atoms. The Balaban J connectivity index is 1.45. The molecule has 4 rings (SSSR count). The number of carbonyl (C=O) groups is 1. The summed E-state index contributed by atoms with van der Waals surface area (Å²) < 4.78 is 0. The molecule has 23 heavy (non-hydrogen) atoms. The van der Waals surface area contributed by atoms with Gasteiger partial charge in [0.25, 0.3) is 0 Å². The highest BCUT2D eigenvalue weighted by Gasteiger charge is 2.35. The molecule has 0 spiro atoms. The van der Waals surface area contributed by atoms with Crippen LogP contribution in [-0.4, -0.2) is 34.7 Å². The fourth-order valence-corrected chi connectivity index (χ4v) is 3.94. The summed E-state index contributed by atoms with van der Waals surface area (Å²) in [5.74, 6) is 0.157. The maximum absolute atomic E-state index is 12.4. The average molecular weight is 328 g/mol. The maximum atomic E-state index is 12.4. The fraction of sp³-hybridized carbons (Fsp3) is 0.471. The molecule has 1 aromatic heterocycles. The van der Waals surface area contributed by atoms with Crippen molar-refractivity contribution in [3.63, 3.8) is 0 Å². The molecule has 1 atom stereocenters. The Morgan fingerprint density at radius 1 is 1.22 bits per heavy atom. The van der Waals surface area contributed by atoms with Gasteiger partial charge in [0.2, 0.25) is 11.0 Å². The van der Waals surface area contributed by atoms with E-state index in [4.69, 9.17) is 0 Å². The average Bonchev–Trinajstić information content (AvgIpc) is 3.06. The molecule has 2 fully saturated rings. The molecule has 1 aliphatic carbocycles. The lowest BCUT2D eigenvalue weighted by molar-refractivity contribution is -0.122. The molecule has 1 aliphatic heterocycles. The van der Waals surface area contributed by atoms with Gasteiger partial charge in [0, 0.05) is 19.0 Å². The molecule has 120 valence electrons. The molecular weight excluding hydrogens is 308 g/mol. The summed E-state index contributed by atoms with van der Waals surface area (Å²) in [7, 11) is 0. The molecular formula is C17H20N4OS. The van der Waals surface area contributed by atoms with Gasteiger partial charge >= 0.3 is 0 Å². The highest BCUT2D eigenvalue weighted by molar-refractivity contribution is 7.15. The van der Waals surface area contributed by atoms with E-state index in [9.17, 15) is 4.79 Å². The number of amides is 1. The minimum Gasteiger partial charge on any atom is -0.352 e. The summed E-state index contributed by atoms with van der Waals surface area (Å²) in [6, 6.07) is 10.6. The van der Waals surface area contributed by atoms with Crippen molar-refractivity contribution in [1.82, 2.24) is 15.5 Å². The summed E-state index contributed by atoms with van der Waals surface area (Å²) in [5.41, 5.74) is 1.24. The van der Waals surface area contributed by atoms with Crippen molar-refractivity contribution in [3.8, 4) is 0 Å². The Kier molecular flexibility index (Phi) is 3.99. The molecule has 6 heteroatoms. The number of carbonyl (C=O) groups excluding carboxylic acids is 1. The molecule has 2 aromatic rings. The normalized spacial score (nSPS) is 20.7. The molecule has 1 saturated heterocycles. The smallest absolute Gasteiger partial charge is 0.243 e. The maximum Gasteiger partial charge on any atom is 0.243 e. The van der Waals surface area contributed by atoms with Crippen LogP contribution in [-0.2, 0) is 11.2 Å². The minimum atomic E-state index is -0.0758. The molecule has 2 aliphatic rings. The first kappa shape index (κ1) is 14.6. The minimum absolute atomic E-state index is 0.0758. The summed E-state index contributed by atoms with van der Waals surface area (Å²) in [6.45, 7) is 0.892. The van der Waals surface area contributed by atoms with Crippen molar-refractivity contribution < 1.29 is 4.79 Å². The number of rotatable bonds is 5. The van der Waals surface area contributed by atoms with Gasteiger partial charge in [-0.1, -0.05) is 41.7 Å². The fourth-order valence-electron chi connectivity index (χ4n) is 3.00. The predicted molar refractivity (Wildman–Crippen MR) is 90.7 cm³/mol. The van der Waals surface area contributed by atoms with Crippen LogP contribution in [0.15, 0.2) is 30.3 Å². The number of anilines is 1. The van der Waals surface area contributed by atoms with Crippen molar-refractivity contribution in [2.24, 2.45) is 0 Å². The molecule has 1 amide bonds. The summed E-state index contributed by atoms with van der Waals surface area (Å²) in [6.07, 6.45) is 4.99. The van der Waals surface area contributed by atoms with Crippen LogP contribution in [0.5, 0.6) is 0 Å². The van der Waals surface area contributed by atoms with Crippen LogP contribution in [0.4, 0.5) is 5.13 Å². The molecule has 0 unspecified atom stereocenters. The van der Waals surface area contributed by atoms with E-state index in [1.54, 1.807) is 11.3 Å². The first-order chi connectivity index (χ1) is 11.3. The molecule has 5 nitrogen and oxygen atoms in total. The monoisotopic (exact) mass is 328 g/mol. The van der Waals surface area contributed by atoms with E-state index < -0.39 is 0 Å². The van der Waals surface area contributed by atoms with Gasteiger partial charge < -0.3 is 10.2 Å². The Labute approximate surface area is 139 Å². The van der Waals surface area contributed by atoms with Crippen LogP contribution in [0.25, 0.3) is 0 Å². The summed E-state index contributed by atoms with van der Waals surface area (Å²) in [4.78, 5) is 14.5. The lowest BCUT2D eigenvalue weighted by Crippen LogP contribution is -2.44. The third kappa shape index (κ3) is 3.37. The van der Waals surface area contributed by atoms with E-state index >= 15 is 0 Å². The predicted octanol–water partition coefficient (Wildman–Crippen LogP) is 2.38. The van der Waals surface area contributed by atoms with Gasteiger partial charge in [0.05, 0.1) is 0 Å². The van der Waals surface area contributed by atoms with Gasteiger partial charge in [0.1, 0.15) is 11.0 Å². The highest BCUT2D eigenvalue weighted by atomic mass is 32.1. The quantitative estimate of drug-likeness (QED) is 0.915. The SMILES string of the molecule is O=C(NC1CC1)[C@@H]1CCCN1c1nnc(Cc2ccccc2)s1. The van der Waals surface area contributed by atoms with E-state index in [2.05, 4.69) is 32.5 Å². The number of nitrogens with zero attached hydrogens (tertiary/aromatic N) is 3. The zero-order valence-electron chi connectivity index (χ0n) is 12.9. The van der Waals surface area contributed by atoms with Crippen molar-refractivity contribution in [1.29, 1.82) is 0 Å². The van der Waals surface area contributed by atoms with Gasteiger partial charge in [-0.25, -0.2) is 0 Å². The number of benzene rings is 1. The number of hydrogen-bond acceptors (Lipinski definition) is 5. The van der Waals surface area contributed by atoms with Crippen LogP contribution >= 0.6 is 11.3 Å². The van der Waals surface area contributed by atoms with Gasteiger partial charge in [-0.05, 0) is 31.2 Å². The third-order valence-electron chi connectivity index (χ3n) is 4.38. The van der Waals surface area contributed by atoms with Crippen molar-refractivity contribution >= 4 is 22.4 Å². The number of hydrogen-bond donors (Lipinski definition) is 1. The highest BCUT2D eigenvalue weighted by Crippen LogP contribution is 2.30. The van der Waals surface area contributed by atoms with Crippen LogP contribution in [0, 0.1) is 0 Å². The second-order valence-electron chi connectivity index (χ2n) is 6.28. The van der Waals surface area contributed by atoms with Gasteiger partial charge in [0.15, 0.2) is 0 Å². The van der Waals surface area contributed by atoms with Crippen molar-refractivity contribution in [2.75, 3.05) is 11.4 Å². The molecule has 0 radical (unpaired) electrons. The zero-order valence-corrected chi connectivity index (χ0v) is 13.8.